The third-order valence-corrected chi connectivity index (χ3v) is 4.22. The zero-order valence-electron chi connectivity index (χ0n) is 14.7. The molecule has 0 unspecified atom stereocenters. The topological polar surface area (TPSA) is 44.9 Å². The van der Waals surface area contributed by atoms with E-state index in [9.17, 15) is 18.0 Å². The van der Waals surface area contributed by atoms with E-state index in [1.165, 1.54) is 12.1 Å². The van der Waals surface area contributed by atoms with Crippen LogP contribution in [0.5, 0.6) is 0 Å². The van der Waals surface area contributed by atoms with Crippen LogP contribution in [0, 0.1) is 0 Å². The Morgan fingerprint density at radius 1 is 1.00 bits per heavy atom. The summed E-state index contributed by atoms with van der Waals surface area (Å²) in [6.07, 6.45) is -1.98. The van der Waals surface area contributed by atoms with Gasteiger partial charge in [0.2, 0.25) is 0 Å². The lowest BCUT2D eigenvalue weighted by Gasteiger charge is -2.10. The van der Waals surface area contributed by atoms with Crippen LogP contribution in [0.4, 0.5) is 13.2 Å². The average Bonchev–Trinajstić information content (AvgIpc) is 3.11. The highest BCUT2D eigenvalue weighted by atomic mass is 19.4. The second-order valence-electron chi connectivity index (χ2n) is 6.15. The number of nitrogens with one attached hydrogen (secondary N) is 2. The molecule has 3 aromatic rings. The molecule has 3 rings (SSSR count). The SMILES string of the molecule is CCCNC(=O)c1c[nH]c(-c2ccc(C(F)(F)F)cc2)c1-c1ccccc1. The quantitative estimate of drug-likeness (QED) is 0.610. The van der Waals surface area contributed by atoms with E-state index in [0.29, 0.717) is 28.9 Å². The van der Waals surface area contributed by atoms with E-state index in [4.69, 9.17) is 0 Å². The summed E-state index contributed by atoms with van der Waals surface area (Å²) in [6, 6.07) is 14.2. The monoisotopic (exact) mass is 372 g/mol. The smallest absolute Gasteiger partial charge is 0.360 e. The standard InChI is InChI=1S/C21H19F3N2O/c1-2-12-25-20(27)17-13-26-19(18(17)14-6-4-3-5-7-14)15-8-10-16(11-9-15)21(22,23)24/h3-11,13,26H,2,12H2,1H3,(H,25,27). The number of amides is 1. The number of aromatic nitrogens is 1. The molecule has 0 aliphatic rings. The summed E-state index contributed by atoms with van der Waals surface area (Å²) in [6.45, 7) is 2.51. The molecule has 0 aliphatic carbocycles. The number of H-pyrrole nitrogens is 1. The van der Waals surface area contributed by atoms with Gasteiger partial charge in [0.1, 0.15) is 0 Å². The number of halogens is 3. The van der Waals surface area contributed by atoms with Crippen LogP contribution < -0.4 is 5.32 Å². The van der Waals surface area contributed by atoms with Gasteiger partial charge in [0.05, 0.1) is 16.8 Å². The van der Waals surface area contributed by atoms with Gasteiger partial charge in [-0.3, -0.25) is 4.79 Å². The van der Waals surface area contributed by atoms with Gasteiger partial charge >= 0.3 is 6.18 Å². The Labute approximate surface area is 155 Å². The van der Waals surface area contributed by atoms with Crippen molar-refractivity contribution in [3.63, 3.8) is 0 Å². The first-order chi connectivity index (χ1) is 12.9. The minimum atomic E-state index is -4.39. The summed E-state index contributed by atoms with van der Waals surface area (Å²) in [5, 5.41) is 2.84. The molecule has 0 aliphatic heterocycles. The van der Waals surface area contributed by atoms with Crippen LogP contribution in [0.2, 0.25) is 0 Å². The first-order valence-electron chi connectivity index (χ1n) is 8.64. The Hall–Kier alpha value is -3.02. The first-order valence-corrected chi connectivity index (χ1v) is 8.64. The van der Waals surface area contributed by atoms with Crippen molar-refractivity contribution in [3.05, 3.63) is 71.9 Å². The molecule has 0 spiro atoms. The molecule has 2 aromatic carbocycles. The molecule has 2 N–H and O–H groups in total. The number of alkyl halides is 3. The Bertz CT molecular complexity index is 913. The molecule has 0 fully saturated rings. The summed E-state index contributed by atoms with van der Waals surface area (Å²) in [7, 11) is 0. The van der Waals surface area contributed by atoms with Crippen LogP contribution in [0.1, 0.15) is 29.3 Å². The van der Waals surface area contributed by atoms with Gasteiger partial charge < -0.3 is 10.3 Å². The third kappa shape index (κ3) is 4.05. The van der Waals surface area contributed by atoms with Crippen molar-refractivity contribution in [2.24, 2.45) is 0 Å². The Morgan fingerprint density at radius 3 is 2.26 bits per heavy atom. The van der Waals surface area contributed by atoms with E-state index >= 15 is 0 Å². The lowest BCUT2D eigenvalue weighted by atomic mass is 9.97. The largest absolute Gasteiger partial charge is 0.416 e. The highest BCUT2D eigenvalue weighted by molar-refractivity contribution is 6.04. The van der Waals surface area contributed by atoms with Crippen LogP contribution >= 0.6 is 0 Å². The fraction of sp³-hybridized carbons (Fsp3) is 0.190. The van der Waals surface area contributed by atoms with Crippen molar-refractivity contribution in [1.29, 1.82) is 0 Å². The Balaban J connectivity index is 2.08. The van der Waals surface area contributed by atoms with E-state index < -0.39 is 11.7 Å². The fourth-order valence-electron chi connectivity index (χ4n) is 2.89. The van der Waals surface area contributed by atoms with Crippen molar-refractivity contribution in [1.82, 2.24) is 10.3 Å². The van der Waals surface area contributed by atoms with Gasteiger partial charge in [-0.25, -0.2) is 0 Å². The Morgan fingerprint density at radius 2 is 1.67 bits per heavy atom. The van der Waals surface area contributed by atoms with E-state index in [1.807, 2.05) is 37.3 Å². The molecule has 140 valence electrons. The normalized spacial score (nSPS) is 11.4. The molecular formula is C21H19F3N2O. The molecule has 1 heterocycles. The zero-order valence-corrected chi connectivity index (χ0v) is 14.7. The van der Waals surface area contributed by atoms with Crippen molar-refractivity contribution in [3.8, 4) is 22.4 Å². The lowest BCUT2D eigenvalue weighted by Crippen LogP contribution is -2.24. The van der Waals surface area contributed by atoms with Crippen molar-refractivity contribution in [2.45, 2.75) is 19.5 Å². The molecule has 1 amide bonds. The van der Waals surface area contributed by atoms with E-state index in [0.717, 1.165) is 24.1 Å². The molecule has 27 heavy (non-hydrogen) atoms. The molecule has 0 saturated carbocycles. The maximum Gasteiger partial charge on any atom is 0.416 e. The van der Waals surface area contributed by atoms with Gasteiger partial charge in [0.15, 0.2) is 0 Å². The maximum absolute atomic E-state index is 12.8. The number of rotatable bonds is 5. The van der Waals surface area contributed by atoms with Gasteiger partial charge in [0.25, 0.3) is 5.91 Å². The van der Waals surface area contributed by atoms with Crippen molar-refractivity contribution >= 4 is 5.91 Å². The van der Waals surface area contributed by atoms with Crippen LogP contribution in [0.25, 0.3) is 22.4 Å². The molecule has 0 atom stereocenters. The number of benzene rings is 2. The van der Waals surface area contributed by atoms with Crippen LogP contribution in [-0.2, 0) is 6.18 Å². The summed E-state index contributed by atoms with van der Waals surface area (Å²) in [4.78, 5) is 15.6. The second kappa shape index (κ2) is 7.70. The Kier molecular flexibility index (Phi) is 5.35. The highest BCUT2D eigenvalue weighted by Crippen LogP contribution is 2.36. The number of hydrogen-bond acceptors (Lipinski definition) is 1. The van der Waals surface area contributed by atoms with Gasteiger partial charge in [0, 0.05) is 18.3 Å². The van der Waals surface area contributed by atoms with Crippen LogP contribution in [0.15, 0.2) is 60.8 Å². The van der Waals surface area contributed by atoms with Gasteiger partial charge in [-0.15, -0.1) is 0 Å². The average molecular weight is 372 g/mol. The molecule has 1 aromatic heterocycles. The van der Waals surface area contributed by atoms with Gasteiger partial charge in [-0.1, -0.05) is 49.4 Å². The van der Waals surface area contributed by atoms with Gasteiger partial charge in [-0.2, -0.15) is 13.2 Å². The summed E-state index contributed by atoms with van der Waals surface area (Å²) >= 11 is 0. The fourth-order valence-corrected chi connectivity index (χ4v) is 2.89. The number of carbonyl (C=O) groups excluding carboxylic acids is 1. The minimum Gasteiger partial charge on any atom is -0.360 e. The lowest BCUT2D eigenvalue weighted by molar-refractivity contribution is -0.137. The van der Waals surface area contributed by atoms with E-state index in [1.54, 1.807) is 6.20 Å². The number of carbonyl (C=O) groups is 1. The predicted octanol–water partition coefficient (Wildman–Crippen LogP) is 5.51. The van der Waals surface area contributed by atoms with Crippen molar-refractivity contribution in [2.75, 3.05) is 6.54 Å². The molecule has 6 heteroatoms. The first kappa shape index (κ1) is 18.8. The predicted molar refractivity (Wildman–Crippen MR) is 99.3 cm³/mol. The summed E-state index contributed by atoms with van der Waals surface area (Å²) in [5.41, 5.74) is 2.43. The molecule has 0 saturated heterocycles. The molecule has 0 radical (unpaired) electrons. The third-order valence-electron chi connectivity index (χ3n) is 4.22. The minimum absolute atomic E-state index is 0.217. The highest BCUT2D eigenvalue weighted by Gasteiger charge is 2.30. The van der Waals surface area contributed by atoms with Crippen molar-refractivity contribution < 1.29 is 18.0 Å². The maximum atomic E-state index is 12.8. The van der Waals surface area contributed by atoms with Crippen LogP contribution in [-0.4, -0.2) is 17.4 Å². The van der Waals surface area contributed by atoms with E-state index in [-0.39, 0.29) is 5.91 Å². The number of aromatic amines is 1. The molecule has 0 bridgehead atoms. The molecular weight excluding hydrogens is 353 g/mol. The number of hydrogen-bond donors (Lipinski definition) is 2. The second-order valence-corrected chi connectivity index (χ2v) is 6.15. The molecule has 3 nitrogen and oxygen atoms in total. The van der Waals surface area contributed by atoms with Crippen LogP contribution in [0.3, 0.4) is 0 Å². The van der Waals surface area contributed by atoms with Gasteiger partial charge in [-0.05, 0) is 29.7 Å². The summed E-state index contributed by atoms with van der Waals surface area (Å²) < 4.78 is 38.5. The zero-order chi connectivity index (χ0) is 19.4. The van der Waals surface area contributed by atoms with E-state index in [2.05, 4.69) is 10.3 Å². The summed E-state index contributed by atoms with van der Waals surface area (Å²) in [5.74, 6) is -0.217.